The van der Waals surface area contributed by atoms with Crippen LogP contribution in [-0.4, -0.2) is 35.1 Å². The molecule has 7 heteroatoms. The maximum atomic E-state index is 12.1. The average molecular weight is 332 g/mol. The zero-order valence-corrected chi connectivity index (χ0v) is 13.3. The molecular formula is C16H16N2O4S. The summed E-state index contributed by atoms with van der Waals surface area (Å²) in [5.74, 6) is -0.632. The van der Waals surface area contributed by atoms with Crippen LogP contribution in [0.25, 0.3) is 10.6 Å². The molecule has 2 aromatic rings. The first-order valence-corrected chi connectivity index (χ1v) is 8.08. The van der Waals surface area contributed by atoms with Gasteiger partial charge in [0.25, 0.3) is 5.91 Å². The zero-order chi connectivity index (χ0) is 16.4. The van der Waals surface area contributed by atoms with E-state index >= 15 is 0 Å². The lowest BCUT2D eigenvalue weighted by Crippen LogP contribution is -2.46. The van der Waals surface area contributed by atoms with Gasteiger partial charge >= 0.3 is 5.97 Å². The Kier molecular flexibility index (Phi) is 4.29. The van der Waals surface area contributed by atoms with Crippen molar-refractivity contribution in [1.29, 1.82) is 0 Å². The number of benzene rings is 1. The lowest BCUT2D eigenvalue weighted by Gasteiger charge is -2.32. The molecule has 0 saturated heterocycles. The van der Waals surface area contributed by atoms with Gasteiger partial charge in [0.2, 0.25) is 0 Å². The van der Waals surface area contributed by atoms with Crippen LogP contribution in [0.2, 0.25) is 0 Å². The number of amides is 1. The van der Waals surface area contributed by atoms with Gasteiger partial charge in [-0.05, 0) is 37.1 Å². The summed E-state index contributed by atoms with van der Waals surface area (Å²) in [4.78, 5) is 27.2. The third kappa shape index (κ3) is 3.34. The van der Waals surface area contributed by atoms with E-state index < -0.39 is 5.97 Å². The van der Waals surface area contributed by atoms with Crippen LogP contribution in [0.1, 0.15) is 23.3 Å². The number of thiazole rings is 1. The normalized spacial score (nSPS) is 19.7. The summed E-state index contributed by atoms with van der Waals surface area (Å²) in [6, 6.07) is 7.40. The molecule has 23 heavy (non-hydrogen) atoms. The molecule has 2 N–H and O–H groups in total. The second-order valence-electron chi connectivity index (χ2n) is 5.44. The third-order valence-corrected chi connectivity index (χ3v) is 4.79. The lowest BCUT2D eigenvalue weighted by molar-refractivity contribution is -0.145. The van der Waals surface area contributed by atoms with Crippen LogP contribution >= 0.6 is 11.3 Å². The molecule has 3 rings (SSSR count). The van der Waals surface area contributed by atoms with Crippen molar-refractivity contribution in [2.24, 2.45) is 5.92 Å². The molecule has 0 atom stereocenters. The molecule has 6 nitrogen and oxygen atoms in total. The van der Waals surface area contributed by atoms with Crippen LogP contribution in [0.4, 0.5) is 0 Å². The van der Waals surface area contributed by atoms with Crippen LogP contribution in [0.3, 0.4) is 0 Å². The van der Waals surface area contributed by atoms with Gasteiger partial charge in [-0.3, -0.25) is 9.59 Å². The number of nitrogens with zero attached hydrogens (tertiary/aromatic N) is 1. The highest BCUT2D eigenvalue weighted by atomic mass is 32.1. The number of rotatable bonds is 5. The van der Waals surface area contributed by atoms with Crippen molar-refractivity contribution in [2.45, 2.75) is 18.9 Å². The first kappa shape index (κ1) is 15.5. The summed E-state index contributed by atoms with van der Waals surface area (Å²) in [7, 11) is 1.61. The minimum Gasteiger partial charge on any atom is -0.497 e. The van der Waals surface area contributed by atoms with Gasteiger partial charge < -0.3 is 15.2 Å². The summed E-state index contributed by atoms with van der Waals surface area (Å²) >= 11 is 1.40. The van der Waals surface area contributed by atoms with Gasteiger partial charge in [-0.25, -0.2) is 4.98 Å². The SMILES string of the molecule is COc1ccc(-c2nc(C(=O)NC3CC(C(=O)O)C3)cs2)cc1. The number of aromatic nitrogens is 1. The van der Waals surface area contributed by atoms with Gasteiger partial charge in [-0.1, -0.05) is 0 Å². The Morgan fingerprint density at radius 2 is 2.00 bits per heavy atom. The number of nitrogens with one attached hydrogen (secondary N) is 1. The minimum absolute atomic E-state index is 0.0743. The molecule has 1 aromatic heterocycles. The Morgan fingerprint density at radius 3 is 2.61 bits per heavy atom. The van der Waals surface area contributed by atoms with Crippen molar-refractivity contribution in [1.82, 2.24) is 10.3 Å². The molecule has 1 fully saturated rings. The first-order valence-electron chi connectivity index (χ1n) is 7.20. The predicted molar refractivity (Wildman–Crippen MR) is 85.7 cm³/mol. The van der Waals surface area contributed by atoms with Crippen LogP contribution in [-0.2, 0) is 4.79 Å². The van der Waals surface area contributed by atoms with Crippen LogP contribution in [0.5, 0.6) is 5.75 Å². The molecule has 1 heterocycles. The van der Waals surface area contributed by atoms with E-state index in [1.54, 1.807) is 12.5 Å². The molecule has 1 aliphatic carbocycles. The fourth-order valence-electron chi connectivity index (χ4n) is 2.44. The molecule has 1 amide bonds. The summed E-state index contributed by atoms with van der Waals surface area (Å²) in [5.41, 5.74) is 1.28. The second kappa shape index (κ2) is 6.37. The monoisotopic (exact) mass is 332 g/mol. The number of hydrogen-bond donors (Lipinski definition) is 2. The second-order valence-corrected chi connectivity index (χ2v) is 6.30. The number of ether oxygens (including phenoxy) is 1. The van der Waals surface area contributed by atoms with E-state index in [2.05, 4.69) is 10.3 Å². The number of hydrogen-bond acceptors (Lipinski definition) is 5. The molecule has 0 spiro atoms. The number of methoxy groups -OCH3 is 1. The van der Waals surface area contributed by atoms with E-state index in [1.807, 2.05) is 24.3 Å². The maximum Gasteiger partial charge on any atom is 0.306 e. The Bertz CT molecular complexity index is 720. The Morgan fingerprint density at radius 1 is 1.30 bits per heavy atom. The van der Waals surface area contributed by atoms with Crippen molar-refractivity contribution in [3.05, 3.63) is 35.3 Å². The highest BCUT2D eigenvalue weighted by Crippen LogP contribution is 2.29. The fraction of sp³-hybridized carbons (Fsp3) is 0.312. The molecule has 120 valence electrons. The summed E-state index contributed by atoms with van der Waals surface area (Å²) in [6.07, 6.45) is 0.965. The van der Waals surface area contributed by atoms with Crippen molar-refractivity contribution in [3.63, 3.8) is 0 Å². The molecule has 1 aliphatic rings. The van der Waals surface area contributed by atoms with E-state index in [0.717, 1.165) is 16.3 Å². The Hall–Kier alpha value is -2.41. The lowest BCUT2D eigenvalue weighted by atomic mass is 9.80. The van der Waals surface area contributed by atoms with Gasteiger partial charge in [-0.2, -0.15) is 0 Å². The molecule has 0 bridgehead atoms. The molecule has 0 unspecified atom stereocenters. The maximum absolute atomic E-state index is 12.1. The predicted octanol–water partition coefficient (Wildman–Crippen LogP) is 2.41. The summed E-state index contributed by atoms with van der Waals surface area (Å²) < 4.78 is 5.11. The highest BCUT2D eigenvalue weighted by molar-refractivity contribution is 7.13. The standard InChI is InChI=1S/C16H16N2O4S/c1-22-12-4-2-9(3-5-12)15-18-13(8-23-15)14(19)17-11-6-10(7-11)16(20)21/h2-5,8,10-11H,6-7H2,1H3,(H,17,19)(H,20,21). The summed E-state index contributed by atoms with van der Waals surface area (Å²) in [5, 5.41) is 14.1. The van der Waals surface area contributed by atoms with E-state index in [4.69, 9.17) is 9.84 Å². The summed E-state index contributed by atoms with van der Waals surface area (Å²) in [6.45, 7) is 0. The minimum atomic E-state index is -0.800. The van der Waals surface area contributed by atoms with Crippen molar-refractivity contribution in [2.75, 3.05) is 7.11 Å². The molecule has 1 aromatic carbocycles. The number of aliphatic carboxylic acids is 1. The van der Waals surface area contributed by atoms with Crippen LogP contribution in [0.15, 0.2) is 29.6 Å². The number of carbonyl (C=O) groups is 2. The first-order chi connectivity index (χ1) is 11.1. The van der Waals surface area contributed by atoms with E-state index in [-0.39, 0.29) is 17.9 Å². The average Bonchev–Trinajstić information content (AvgIpc) is 3.00. The molecular weight excluding hydrogens is 316 g/mol. The Balaban J connectivity index is 1.62. The quantitative estimate of drug-likeness (QED) is 0.878. The van der Waals surface area contributed by atoms with Crippen LogP contribution in [0, 0.1) is 5.92 Å². The van der Waals surface area contributed by atoms with E-state index in [1.165, 1.54) is 11.3 Å². The number of carboxylic acids is 1. The molecule has 0 radical (unpaired) electrons. The molecule has 1 saturated carbocycles. The van der Waals surface area contributed by atoms with Crippen LogP contribution < -0.4 is 10.1 Å². The van der Waals surface area contributed by atoms with Gasteiger partial charge in [0.05, 0.1) is 13.0 Å². The fourth-order valence-corrected chi connectivity index (χ4v) is 3.25. The zero-order valence-electron chi connectivity index (χ0n) is 12.5. The number of carbonyl (C=O) groups excluding carboxylic acids is 1. The van der Waals surface area contributed by atoms with Gasteiger partial charge in [0, 0.05) is 17.0 Å². The van der Waals surface area contributed by atoms with E-state index in [0.29, 0.717) is 18.5 Å². The van der Waals surface area contributed by atoms with Crippen molar-refractivity contribution >= 4 is 23.2 Å². The topological polar surface area (TPSA) is 88.5 Å². The van der Waals surface area contributed by atoms with Crippen molar-refractivity contribution < 1.29 is 19.4 Å². The smallest absolute Gasteiger partial charge is 0.306 e. The highest BCUT2D eigenvalue weighted by Gasteiger charge is 2.35. The van der Waals surface area contributed by atoms with Gasteiger partial charge in [-0.15, -0.1) is 11.3 Å². The third-order valence-electron chi connectivity index (χ3n) is 3.90. The molecule has 0 aliphatic heterocycles. The van der Waals surface area contributed by atoms with E-state index in [9.17, 15) is 9.59 Å². The van der Waals surface area contributed by atoms with Crippen molar-refractivity contribution in [3.8, 4) is 16.3 Å². The van der Waals surface area contributed by atoms with Gasteiger partial charge in [0.1, 0.15) is 16.5 Å². The van der Waals surface area contributed by atoms with Gasteiger partial charge in [0.15, 0.2) is 0 Å². The largest absolute Gasteiger partial charge is 0.497 e. The Labute approximate surface area is 137 Å². The number of carboxylic acid groups (broad SMARTS) is 1.